The van der Waals surface area contributed by atoms with Crippen LogP contribution in [0.15, 0.2) is 30.5 Å². The molecule has 1 heterocycles. The minimum Gasteiger partial charge on any atom is -0.480 e. The summed E-state index contributed by atoms with van der Waals surface area (Å²) in [5.74, 6) is -1.91. The van der Waals surface area contributed by atoms with Crippen molar-refractivity contribution >= 4 is 23.7 Å². The lowest BCUT2D eigenvalue weighted by molar-refractivity contribution is -0.139. The minimum absolute atomic E-state index is 0.00549. The second kappa shape index (κ2) is 9.21. The molecule has 0 aliphatic heterocycles. The lowest BCUT2D eigenvalue weighted by Gasteiger charge is -2.22. The largest absolute Gasteiger partial charge is 0.480 e. The van der Waals surface area contributed by atoms with E-state index in [1.165, 1.54) is 17.9 Å². The molecule has 1 atom stereocenters. The second-order valence-electron chi connectivity index (χ2n) is 7.69. The molecule has 0 aliphatic carbocycles. The van der Waals surface area contributed by atoms with Crippen molar-refractivity contribution in [3.8, 4) is 11.8 Å². The number of carbonyl (C=O) groups is 3. The van der Waals surface area contributed by atoms with E-state index < -0.39 is 29.7 Å². The number of esters is 1. The third-order valence-corrected chi connectivity index (χ3v) is 4.19. The lowest BCUT2D eigenvalue weighted by Crippen LogP contribution is -2.44. The number of aliphatic carboxylic acids is 1. The van der Waals surface area contributed by atoms with Crippen LogP contribution in [0.5, 0.6) is 0 Å². The van der Waals surface area contributed by atoms with Crippen LogP contribution in [0.3, 0.4) is 0 Å². The van der Waals surface area contributed by atoms with Crippen molar-refractivity contribution < 1.29 is 29.0 Å². The number of ether oxygens (including phenoxy) is 2. The number of aromatic nitrogens is 1. The molecule has 0 radical (unpaired) electrons. The van der Waals surface area contributed by atoms with E-state index in [1.807, 2.05) is 6.07 Å². The Kier molecular flexibility index (Phi) is 6.92. The van der Waals surface area contributed by atoms with E-state index in [-0.39, 0.29) is 23.4 Å². The Bertz CT molecular complexity index is 1030. The summed E-state index contributed by atoms with van der Waals surface area (Å²) < 4.78 is 11.3. The van der Waals surface area contributed by atoms with E-state index in [4.69, 9.17) is 15.2 Å². The number of alkyl carbamates (subject to hydrolysis) is 1. The number of nitrogens with zero attached hydrogens (tertiary/aromatic N) is 2. The second-order valence-corrected chi connectivity index (χ2v) is 7.69. The third-order valence-electron chi connectivity index (χ3n) is 4.19. The zero-order chi connectivity index (χ0) is 23.3. The van der Waals surface area contributed by atoms with E-state index in [0.717, 1.165) is 0 Å². The van der Waals surface area contributed by atoms with Crippen LogP contribution < -0.4 is 11.1 Å². The van der Waals surface area contributed by atoms with Crippen LogP contribution in [0.4, 0.5) is 10.5 Å². The van der Waals surface area contributed by atoms with Gasteiger partial charge >= 0.3 is 18.0 Å². The Balaban J connectivity index is 2.25. The van der Waals surface area contributed by atoms with Crippen molar-refractivity contribution in [3.05, 3.63) is 47.3 Å². The molecule has 1 aromatic heterocycles. The topological polar surface area (TPSA) is 157 Å². The molecule has 1 amide bonds. The first kappa shape index (κ1) is 23.3. The fourth-order valence-corrected chi connectivity index (χ4v) is 2.80. The first-order valence-electron chi connectivity index (χ1n) is 9.27. The first-order valence-corrected chi connectivity index (χ1v) is 9.27. The number of nitrogens with two attached hydrogens (primary N) is 1. The molecule has 0 bridgehead atoms. The molecule has 2 rings (SSSR count). The molecule has 0 saturated heterocycles. The van der Waals surface area contributed by atoms with E-state index in [2.05, 4.69) is 5.32 Å². The normalized spacial score (nSPS) is 11.8. The molecule has 164 valence electrons. The van der Waals surface area contributed by atoms with Crippen LogP contribution in [0, 0.1) is 11.3 Å². The number of carbonyl (C=O) groups excluding carboxylic acids is 2. The number of nitrogen functional groups attached to an aromatic ring is 1. The number of hydrogen-bond acceptors (Lipinski definition) is 7. The number of anilines is 1. The van der Waals surface area contributed by atoms with Gasteiger partial charge in [-0.1, -0.05) is 12.1 Å². The molecule has 1 aromatic carbocycles. The van der Waals surface area contributed by atoms with Gasteiger partial charge in [-0.05, 0) is 38.5 Å². The van der Waals surface area contributed by atoms with Crippen LogP contribution >= 0.6 is 0 Å². The monoisotopic (exact) mass is 428 g/mol. The molecule has 31 heavy (non-hydrogen) atoms. The number of carboxylic acid groups (broad SMARTS) is 1. The molecular weight excluding hydrogens is 404 g/mol. The Morgan fingerprint density at radius 1 is 1.26 bits per heavy atom. The Labute approximate surface area is 179 Å². The Morgan fingerprint density at radius 2 is 1.87 bits per heavy atom. The van der Waals surface area contributed by atoms with Crippen molar-refractivity contribution in [1.82, 2.24) is 9.88 Å². The molecule has 10 heteroatoms. The van der Waals surface area contributed by atoms with Gasteiger partial charge in [0, 0.05) is 18.3 Å². The summed E-state index contributed by atoms with van der Waals surface area (Å²) in [7, 11) is 1.21. The smallest absolute Gasteiger partial charge is 0.408 e. The molecule has 1 unspecified atom stereocenters. The number of hydrogen-bond donors (Lipinski definition) is 3. The van der Waals surface area contributed by atoms with Gasteiger partial charge < -0.3 is 30.2 Å². The van der Waals surface area contributed by atoms with Crippen molar-refractivity contribution in [2.24, 2.45) is 0 Å². The number of benzene rings is 1. The third kappa shape index (κ3) is 5.76. The molecule has 0 fully saturated rings. The predicted molar refractivity (Wildman–Crippen MR) is 111 cm³/mol. The van der Waals surface area contributed by atoms with Gasteiger partial charge in [0.1, 0.15) is 17.7 Å². The van der Waals surface area contributed by atoms with E-state index >= 15 is 0 Å². The highest BCUT2D eigenvalue weighted by Crippen LogP contribution is 2.25. The van der Waals surface area contributed by atoms with E-state index in [9.17, 15) is 24.8 Å². The SMILES string of the molecule is COC(=O)c1c(N)c(C#N)cn1-c1ccc(CC(NC(=O)OC(C)(C)C)C(=O)O)cc1. The van der Waals surface area contributed by atoms with E-state index in [1.54, 1.807) is 45.0 Å². The Morgan fingerprint density at radius 3 is 2.35 bits per heavy atom. The summed E-state index contributed by atoms with van der Waals surface area (Å²) in [6.45, 7) is 5.03. The number of nitriles is 1. The summed E-state index contributed by atoms with van der Waals surface area (Å²) in [4.78, 5) is 35.6. The highest BCUT2D eigenvalue weighted by Gasteiger charge is 2.25. The lowest BCUT2D eigenvalue weighted by atomic mass is 10.1. The molecule has 0 spiro atoms. The van der Waals surface area contributed by atoms with Crippen LogP contribution in [0.25, 0.3) is 5.69 Å². The van der Waals surface area contributed by atoms with Crippen LogP contribution in [-0.4, -0.2) is 46.5 Å². The minimum atomic E-state index is -1.21. The number of carboxylic acids is 1. The van der Waals surface area contributed by atoms with Crippen LogP contribution in [-0.2, 0) is 20.7 Å². The molecule has 0 aliphatic rings. The number of methoxy groups -OCH3 is 1. The van der Waals surface area contributed by atoms with Crippen molar-refractivity contribution in [2.45, 2.75) is 38.8 Å². The van der Waals surface area contributed by atoms with Gasteiger partial charge in [-0.25, -0.2) is 14.4 Å². The summed E-state index contributed by atoms with van der Waals surface area (Å²) in [6.07, 6.45) is 0.600. The van der Waals surface area contributed by atoms with Gasteiger partial charge in [0.15, 0.2) is 5.69 Å². The standard InChI is InChI=1S/C21H24N4O6/c1-21(2,3)31-20(29)24-15(18(26)27)9-12-5-7-14(8-6-12)25-11-13(10-22)16(23)17(25)19(28)30-4/h5-8,11,15H,9,23H2,1-4H3,(H,24,29)(H,26,27). The fourth-order valence-electron chi connectivity index (χ4n) is 2.80. The highest BCUT2D eigenvalue weighted by atomic mass is 16.6. The van der Waals surface area contributed by atoms with Gasteiger partial charge in [-0.3, -0.25) is 0 Å². The van der Waals surface area contributed by atoms with Crippen LogP contribution in [0.2, 0.25) is 0 Å². The van der Waals surface area contributed by atoms with Gasteiger partial charge in [0.05, 0.1) is 18.4 Å². The summed E-state index contributed by atoms with van der Waals surface area (Å²) in [6, 6.07) is 7.28. The van der Waals surface area contributed by atoms with Gasteiger partial charge in [0.2, 0.25) is 0 Å². The zero-order valence-corrected chi connectivity index (χ0v) is 17.6. The zero-order valence-electron chi connectivity index (χ0n) is 17.6. The first-order chi connectivity index (χ1) is 14.5. The molecular formula is C21H24N4O6. The van der Waals surface area contributed by atoms with Gasteiger partial charge in [-0.15, -0.1) is 0 Å². The predicted octanol–water partition coefficient (Wildman–Crippen LogP) is 2.24. The number of amides is 1. The maximum atomic E-state index is 12.1. The Hall–Kier alpha value is -4.00. The average Bonchev–Trinajstić information content (AvgIpc) is 3.02. The molecule has 10 nitrogen and oxygen atoms in total. The van der Waals surface area contributed by atoms with Crippen molar-refractivity contribution in [3.63, 3.8) is 0 Å². The molecule has 4 N–H and O–H groups in total. The maximum absolute atomic E-state index is 12.1. The summed E-state index contributed by atoms with van der Waals surface area (Å²) >= 11 is 0. The highest BCUT2D eigenvalue weighted by molar-refractivity contribution is 5.96. The maximum Gasteiger partial charge on any atom is 0.408 e. The van der Waals surface area contributed by atoms with Crippen LogP contribution in [0.1, 0.15) is 42.4 Å². The molecule has 2 aromatic rings. The van der Waals surface area contributed by atoms with Gasteiger partial charge in [0.25, 0.3) is 0 Å². The fraction of sp³-hybridized carbons (Fsp3) is 0.333. The summed E-state index contributed by atoms with van der Waals surface area (Å²) in [5, 5.41) is 21.0. The van der Waals surface area contributed by atoms with E-state index in [0.29, 0.717) is 11.3 Å². The van der Waals surface area contributed by atoms with Crippen molar-refractivity contribution in [1.29, 1.82) is 5.26 Å². The van der Waals surface area contributed by atoms with Gasteiger partial charge in [-0.2, -0.15) is 5.26 Å². The van der Waals surface area contributed by atoms with Crippen molar-refractivity contribution in [2.75, 3.05) is 12.8 Å². The molecule has 0 saturated carbocycles. The quantitative estimate of drug-likeness (QED) is 0.591. The summed E-state index contributed by atoms with van der Waals surface area (Å²) in [5.41, 5.74) is 6.41. The average molecular weight is 428 g/mol. The number of nitrogens with one attached hydrogen (secondary N) is 1. The number of rotatable bonds is 6.